The summed E-state index contributed by atoms with van der Waals surface area (Å²) in [6.45, 7) is 6.58. The summed E-state index contributed by atoms with van der Waals surface area (Å²) >= 11 is 6.16. The predicted molar refractivity (Wildman–Crippen MR) is 87.8 cm³/mol. The van der Waals surface area contributed by atoms with E-state index in [-0.39, 0.29) is 16.7 Å². The lowest BCUT2D eigenvalue weighted by atomic mass is 9.97. The molecule has 0 bridgehead atoms. The van der Waals surface area contributed by atoms with E-state index in [2.05, 4.69) is 5.32 Å². The first-order valence-electron chi connectivity index (χ1n) is 7.76. The minimum atomic E-state index is -1.57. The third-order valence-corrected chi connectivity index (χ3v) is 4.02. The normalized spacial score (nSPS) is 23.2. The molecule has 1 aliphatic rings. The number of halogens is 2. The Morgan fingerprint density at radius 3 is 2.74 bits per heavy atom. The van der Waals surface area contributed by atoms with Crippen molar-refractivity contribution in [2.45, 2.75) is 44.5 Å². The van der Waals surface area contributed by atoms with Crippen LogP contribution in [0.5, 0.6) is 5.75 Å². The molecule has 4 nitrogen and oxygen atoms in total. The van der Waals surface area contributed by atoms with E-state index < -0.39 is 23.8 Å². The zero-order valence-electron chi connectivity index (χ0n) is 13.6. The van der Waals surface area contributed by atoms with Gasteiger partial charge in [0, 0.05) is 12.5 Å². The van der Waals surface area contributed by atoms with Crippen molar-refractivity contribution in [1.29, 1.82) is 0 Å². The maximum absolute atomic E-state index is 14.5. The van der Waals surface area contributed by atoms with Gasteiger partial charge in [-0.25, -0.2) is 9.18 Å². The molecule has 0 spiro atoms. The second-order valence-corrected chi connectivity index (χ2v) is 7.20. The monoisotopic (exact) mass is 343 g/mol. The van der Waals surface area contributed by atoms with Gasteiger partial charge < -0.3 is 14.8 Å². The molecule has 1 fully saturated rings. The standard InChI is InChI=1S/C17H23ClFNO3/c1-17(2,3)23-16(21)12-6-4-5-7-14(12)22-15(19)11-8-9-20-10-13(11)18/h4-7,11,13,15,20H,8-10H2,1-3H3. The molecular weight excluding hydrogens is 321 g/mol. The fourth-order valence-corrected chi connectivity index (χ4v) is 2.77. The van der Waals surface area contributed by atoms with Crippen LogP contribution in [0.2, 0.25) is 0 Å². The number of carbonyl (C=O) groups excluding carboxylic acids is 1. The van der Waals surface area contributed by atoms with Gasteiger partial charge in [-0.2, -0.15) is 0 Å². The Hall–Kier alpha value is -1.33. The zero-order valence-corrected chi connectivity index (χ0v) is 14.4. The molecule has 1 aromatic rings. The van der Waals surface area contributed by atoms with Crippen molar-refractivity contribution in [2.75, 3.05) is 13.1 Å². The summed E-state index contributed by atoms with van der Waals surface area (Å²) in [5.41, 5.74) is -0.416. The van der Waals surface area contributed by atoms with E-state index in [4.69, 9.17) is 21.1 Å². The van der Waals surface area contributed by atoms with Crippen molar-refractivity contribution >= 4 is 17.6 Å². The molecule has 0 aromatic heterocycles. The SMILES string of the molecule is CC(C)(C)OC(=O)c1ccccc1OC(F)C1CCNCC1Cl. The van der Waals surface area contributed by atoms with Crippen LogP contribution >= 0.6 is 11.6 Å². The van der Waals surface area contributed by atoms with Gasteiger partial charge in [0.05, 0.1) is 5.38 Å². The fraction of sp³-hybridized carbons (Fsp3) is 0.588. The second kappa shape index (κ2) is 7.49. The number of nitrogens with one attached hydrogen (secondary N) is 1. The van der Waals surface area contributed by atoms with Crippen LogP contribution in [0, 0.1) is 5.92 Å². The first-order chi connectivity index (χ1) is 10.8. The highest BCUT2D eigenvalue weighted by atomic mass is 35.5. The quantitative estimate of drug-likeness (QED) is 0.671. The number of carbonyl (C=O) groups is 1. The summed E-state index contributed by atoms with van der Waals surface area (Å²) in [6, 6.07) is 6.51. The van der Waals surface area contributed by atoms with E-state index in [1.807, 2.05) is 0 Å². The summed E-state index contributed by atoms with van der Waals surface area (Å²) in [5.74, 6) is -0.769. The maximum Gasteiger partial charge on any atom is 0.342 e. The van der Waals surface area contributed by atoms with Crippen LogP contribution in [0.25, 0.3) is 0 Å². The smallest absolute Gasteiger partial charge is 0.342 e. The number of rotatable bonds is 4. The van der Waals surface area contributed by atoms with Gasteiger partial charge in [-0.3, -0.25) is 0 Å². The second-order valence-electron chi connectivity index (χ2n) is 6.64. The van der Waals surface area contributed by atoms with Gasteiger partial charge in [0.2, 0.25) is 6.36 Å². The molecule has 1 aromatic carbocycles. The average molecular weight is 344 g/mol. The van der Waals surface area contributed by atoms with Crippen molar-refractivity contribution in [2.24, 2.45) is 5.92 Å². The molecule has 2 rings (SSSR count). The first kappa shape index (κ1) is 18.0. The van der Waals surface area contributed by atoms with E-state index in [1.54, 1.807) is 45.0 Å². The number of alkyl halides is 2. The molecule has 23 heavy (non-hydrogen) atoms. The topological polar surface area (TPSA) is 47.6 Å². The Morgan fingerprint density at radius 2 is 2.09 bits per heavy atom. The predicted octanol–water partition coefficient (Wildman–Crippen LogP) is 3.53. The van der Waals surface area contributed by atoms with Gasteiger partial charge in [0.1, 0.15) is 16.9 Å². The van der Waals surface area contributed by atoms with Gasteiger partial charge >= 0.3 is 5.97 Å². The molecule has 3 unspecified atom stereocenters. The molecule has 0 radical (unpaired) electrons. The van der Waals surface area contributed by atoms with Crippen LogP contribution in [0.4, 0.5) is 4.39 Å². The minimum Gasteiger partial charge on any atom is -0.459 e. The average Bonchev–Trinajstić information content (AvgIpc) is 2.46. The van der Waals surface area contributed by atoms with Crippen molar-refractivity contribution in [3.05, 3.63) is 29.8 Å². The van der Waals surface area contributed by atoms with Crippen molar-refractivity contribution in [3.8, 4) is 5.75 Å². The molecule has 3 atom stereocenters. The van der Waals surface area contributed by atoms with E-state index in [0.29, 0.717) is 19.5 Å². The molecule has 0 aliphatic carbocycles. The summed E-state index contributed by atoms with van der Waals surface area (Å²) < 4.78 is 25.3. The van der Waals surface area contributed by atoms with E-state index >= 15 is 0 Å². The molecule has 6 heteroatoms. The number of para-hydroxylation sites is 1. The summed E-state index contributed by atoms with van der Waals surface area (Å²) in [4.78, 5) is 12.2. The number of piperidine rings is 1. The number of ether oxygens (including phenoxy) is 2. The van der Waals surface area contributed by atoms with E-state index in [0.717, 1.165) is 0 Å². The number of benzene rings is 1. The third kappa shape index (κ3) is 5.08. The molecule has 1 heterocycles. The molecule has 1 aliphatic heterocycles. The van der Waals surface area contributed by atoms with Crippen molar-refractivity contribution in [1.82, 2.24) is 5.32 Å². The number of esters is 1. The van der Waals surface area contributed by atoms with Crippen LogP contribution in [-0.4, -0.2) is 36.4 Å². The third-order valence-electron chi connectivity index (χ3n) is 3.54. The highest BCUT2D eigenvalue weighted by Gasteiger charge is 2.33. The van der Waals surface area contributed by atoms with Crippen LogP contribution in [0.1, 0.15) is 37.6 Å². The fourth-order valence-electron chi connectivity index (χ4n) is 2.42. The Labute approximate surface area is 141 Å². The Balaban J connectivity index is 2.12. The summed E-state index contributed by atoms with van der Waals surface area (Å²) in [5, 5.41) is 2.77. The van der Waals surface area contributed by atoms with E-state index in [1.165, 1.54) is 0 Å². The lowest BCUT2D eigenvalue weighted by Gasteiger charge is -2.30. The van der Waals surface area contributed by atoms with Gasteiger partial charge in [-0.05, 0) is 45.9 Å². The van der Waals surface area contributed by atoms with Gasteiger partial charge in [0.25, 0.3) is 0 Å². The lowest BCUT2D eigenvalue weighted by Crippen LogP contribution is -2.43. The van der Waals surface area contributed by atoms with Crippen molar-refractivity contribution in [3.63, 3.8) is 0 Å². The lowest BCUT2D eigenvalue weighted by molar-refractivity contribution is -0.00403. The van der Waals surface area contributed by atoms with Crippen LogP contribution < -0.4 is 10.1 Å². The molecule has 1 saturated heterocycles. The number of hydrogen-bond acceptors (Lipinski definition) is 4. The first-order valence-corrected chi connectivity index (χ1v) is 8.19. The molecule has 0 saturated carbocycles. The van der Waals surface area contributed by atoms with Crippen molar-refractivity contribution < 1.29 is 18.7 Å². The van der Waals surface area contributed by atoms with Crippen LogP contribution in [-0.2, 0) is 4.74 Å². The highest BCUT2D eigenvalue weighted by molar-refractivity contribution is 6.21. The zero-order chi connectivity index (χ0) is 17.0. The van der Waals surface area contributed by atoms with E-state index in [9.17, 15) is 9.18 Å². The minimum absolute atomic E-state index is 0.177. The van der Waals surface area contributed by atoms with Gasteiger partial charge in [-0.15, -0.1) is 11.6 Å². The van der Waals surface area contributed by atoms with Gasteiger partial charge in [0.15, 0.2) is 0 Å². The van der Waals surface area contributed by atoms with Crippen LogP contribution in [0.15, 0.2) is 24.3 Å². The maximum atomic E-state index is 14.5. The Morgan fingerprint density at radius 1 is 1.39 bits per heavy atom. The summed E-state index contributed by atoms with van der Waals surface area (Å²) in [7, 11) is 0. The summed E-state index contributed by atoms with van der Waals surface area (Å²) in [6.07, 6.45) is -0.979. The largest absolute Gasteiger partial charge is 0.459 e. The highest BCUT2D eigenvalue weighted by Crippen LogP contribution is 2.29. The number of hydrogen-bond donors (Lipinski definition) is 1. The Kier molecular flexibility index (Phi) is 5.87. The Bertz CT molecular complexity index is 547. The van der Waals surface area contributed by atoms with Crippen LogP contribution in [0.3, 0.4) is 0 Å². The van der Waals surface area contributed by atoms with Gasteiger partial charge in [-0.1, -0.05) is 12.1 Å². The molecule has 1 N–H and O–H groups in total. The molecule has 0 amide bonds. The molecule has 128 valence electrons. The molecular formula is C17H23ClFNO3.